The molecule has 2 aliphatic rings. The number of benzene rings is 1. The van der Waals surface area contributed by atoms with Crippen molar-refractivity contribution in [1.29, 1.82) is 0 Å². The molecule has 2 aliphatic heterocycles. The number of carbonyl (C=O) groups excluding carboxylic acids is 2. The van der Waals surface area contributed by atoms with Gasteiger partial charge in [0.15, 0.2) is 0 Å². The Balaban J connectivity index is 0.000000392. The molecule has 3 heterocycles. The number of halogens is 1. The van der Waals surface area contributed by atoms with Crippen molar-refractivity contribution in [2.45, 2.75) is 38.9 Å². The SMILES string of the molecule is C=CC(=O)Nc1ccc(CN2CCC(Nc3nccc(N4C(=O)OC[C@@H]4C(C)C)n3)C2)cc1.O=S(=O)(I)OOOOOOOO. The molecule has 0 spiro atoms. The van der Waals surface area contributed by atoms with Crippen molar-refractivity contribution in [3.63, 3.8) is 0 Å². The number of nitrogens with zero attached hydrogens (tertiary/aromatic N) is 4. The van der Waals surface area contributed by atoms with E-state index in [1.165, 1.54) is 11.6 Å². The Bertz CT molecular complexity index is 1370. The molecular weight excluding hydrogens is 739 g/mol. The molecule has 4 rings (SSSR count). The van der Waals surface area contributed by atoms with E-state index in [2.05, 4.69) is 80.5 Å². The van der Waals surface area contributed by atoms with E-state index in [-0.39, 0.29) is 30.0 Å². The highest BCUT2D eigenvalue weighted by Crippen LogP contribution is 2.26. The minimum Gasteiger partial charge on any atom is -0.447 e. The van der Waals surface area contributed by atoms with Crippen LogP contribution in [0, 0.1) is 5.92 Å². The van der Waals surface area contributed by atoms with Crippen LogP contribution in [0.15, 0.2) is 49.2 Å². The normalized spacial score (nSPS) is 18.3. The van der Waals surface area contributed by atoms with Crippen molar-refractivity contribution in [2.75, 3.05) is 35.2 Å². The van der Waals surface area contributed by atoms with Crippen molar-refractivity contribution < 1.29 is 62.6 Å². The van der Waals surface area contributed by atoms with Crippen LogP contribution in [0.5, 0.6) is 0 Å². The highest BCUT2D eigenvalue weighted by atomic mass is 127. The van der Waals surface area contributed by atoms with Crippen LogP contribution in [0.4, 0.5) is 22.2 Å². The van der Waals surface area contributed by atoms with E-state index in [4.69, 9.17) is 9.99 Å². The van der Waals surface area contributed by atoms with Gasteiger partial charge < -0.3 is 15.4 Å². The summed E-state index contributed by atoms with van der Waals surface area (Å²) < 4.78 is 28.9. The van der Waals surface area contributed by atoms with Gasteiger partial charge in [-0.1, -0.05) is 36.9 Å². The summed E-state index contributed by atoms with van der Waals surface area (Å²) in [6, 6.07) is 9.77. The number of anilines is 3. The Kier molecular flexibility index (Phi) is 14.7. The number of likely N-dealkylation sites (tertiary alicyclic amines) is 1. The smallest absolute Gasteiger partial charge is 0.415 e. The van der Waals surface area contributed by atoms with Gasteiger partial charge in [0.25, 0.3) is 0 Å². The quantitative estimate of drug-likeness (QED) is 0.0592. The van der Waals surface area contributed by atoms with Crippen LogP contribution in [0.1, 0.15) is 25.8 Å². The number of cyclic esters (lactones) is 1. The van der Waals surface area contributed by atoms with Crippen LogP contribution in [0.25, 0.3) is 0 Å². The summed E-state index contributed by atoms with van der Waals surface area (Å²) in [7, 11) is -3.85. The summed E-state index contributed by atoms with van der Waals surface area (Å²) in [5, 5.41) is 33.0. The molecule has 19 nitrogen and oxygen atoms in total. The molecule has 1 aromatic heterocycles. The number of ether oxygens (including phenoxy) is 1. The first-order chi connectivity index (χ1) is 21.5. The third-order valence-corrected chi connectivity index (χ3v) is 6.89. The molecule has 2 fully saturated rings. The standard InChI is InChI=1S/C24H30N6O3.HIO10S/c1-4-22(31)26-18-7-5-17(6-8-18)13-29-12-10-19(14-29)27-23-25-11-9-21(28-23)30-20(16(2)3)15-33-24(30)32;1-12(3,4)11-10-9-8-7-6-5-2/h4-9,11,16,19-20H,1,10,12-15H2,2-3H3,(H,26,31)(H,25,27,28);2H/t19?,20-;/m1./s1. The zero-order valence-electron chi connectivity index (χ0n) is 23.9. The lowest BCUT2D eigenvalue weighted by Gasteiger charge is -2.23. The maximum atomic E-state index is 12.2. The average Bonchev–Trinajstić information content (AvgIpc) is 3.61. The lowest BCUT2D eigenvalue weighted by Crippen LogP contribution is -2.38. The third kappa shape index (κ3) is 12.7. The summed E-state index contributed by atoms with van der Waals surface area (Å²) in [6.45, 7) is 10.6. The molecule has 0 radical (unpaired) electrons. The Labute approximate surface area is 269 Å². The topological polar surface area (TPSA) is 219 Å². The molecule has 2 saturated heterocycles. The van der Waals surface area contributed by atoms with Crippen LogP contribution >= 0.6 is 21.2 Å². The Morgan fingerprint density at radius 2 is 1.91 bits per heavy atom. The van der Waals surface area contributed by atoms with Gasteiger partial charge >= 0.3 is 13.4 Å². The fraction of sp³-hybridized carbons (Fsp3) is 0.417. The van der Waals surface area contributed by atoms with Crippen LogP contribution in [0.3, 0.4) is 0 Å². The van der Waals surface area contributed by atoms with Crippen molar-refractivity contribution in [3.8, 4) is 0 Å². The van der Waals surface area contributed by atoms with E-state index in [1.807, 2.05) is 24.3 Å². The molecule has 3 N–H and O–H groups in total. The predicted octanol–water partition coefficient (Wildman–Crippen LogP) is 3.01. The molecule has 21 heteroatoms. The number of rotatable bonds is 15. The summed E-state index contributed by atoms with van der Waals surface area (Å²) in [5.41, 5.74) is 1.93. The van der Waals surface area contributed by atoms with Gasteiger partial charge in [0.2, 0.25) is 11.9 Å². The van der Waals surface area contributed by atoms with Gasteiger partial charge in [-0.05, 0) is 72.4 Å². The van der Waals surface area contributed by atoms with Gasteiger partial charge in [0.05, 0.1) is 6.04 Å². The van der Waals surface area contributed by atoms with Crippen molar-refractivity contribution in [1.82, 2.24) is 14.9 Å². The Morgan fingerprint density at radius 3 is 2.58 bits per heavy atom. The molecule has 2 atom stereocenters. The molecule has 2 aromatic rings. The first-order valence-corrected chi connectivity index (χ1v) is 17.0. The predicted molar refractivity (Wildman–Crippen MR) is 160 cm³/mol. The van der Waals surface area contributed by atoms with Crippen molar-refractivity contribution in [2.24, 2.45) is 5.92 Å². The number of aromatic nitrogens is 2. The largest absolute Gasteiger partial charge is 0.447 e. The second-order valence-electron chi connectivity index (χ2n) is 9.63. The Morgan fingerprint density at radius 1 is 1.20 bits per heavy atom. The van der Waals surface area contributed by atoms with Gasteiger partial charge in [0, 0.05) is 37.6 Å². The molecule has 1 aromatic carbocycles. The first-order valence-electron chi connectivity index (χ1n) is 13.1. The van der Waals surface area contributed by atoms with E-state index in [0.29, 0.717) is 18.4 Å². The molecular formula is C24H31IN6O13S. The summed E-state index contributed by atoms with van der Waals surface area (Å²) >= 11 is 0.898. The fourth-order valence-corrected chi connectivity index (χ4v) is 4.52. The van der Waals surface area contributed by atoms with Crippen molar-refractivity contribution >= 4 is 57.9 Å². The van der Waals surface area contributed by atoms with E-state index in [1.54, 1.807) is 17.2 Å². The zero-order chi connectivity index (χ0) is 32.8. The van der Waals surface area contributed by atoms with Gasteiger partial charge in [-0.15, -0.1) is 0 Å². The molecule has 248 valence electrons. The van der Waals surface area contributed by atoms with Crippen LogP contribution in [-0.4, -0.2) is 72.3 Å². The summed E-state index contributed by atoms with van der Waals surface area (Å²) in [6.07, 6.45) is 3.54. The third-order valence-electron chi connectivity index (χ3n) is 6.23. The lowest BCUT2D eigenvalue weighted by atomic mass is 10.0. The van der Waals surface area contributed by atoms with Gasteiger partial charge in [-0.3, -0.25) is 14.6 Å². The molecule has 0 aliphatic carbocycles. The second-order valence-corrected chi connectivity index (χ2v) is 13.8. The molecule has 0 bridgehead atoms. The zero-order valence-corrected chi connectivity index (χ0v) is 26.9. The lowest BCUT2D eigenvalue weighted by molar-refractivity contribution is -0.806. The maximum absolute atomic E-state index is 12.2. The number of carbonyl (C=O) groups is 2. The fourth-order valence-electron chi connectivity index (χ4n) is 4.26. The summed E-state index contributed by atoms with van der Waals surface area (Å²) in [4.78, 5) is 36.6. The van der Waals surface area contributed by atoms with E-state index < -0.39 is 7.29 Å². The monoisotopic (exact) mass is 770 g/mol. The highest BCUT2D eigenvalue weighted by molar-refractivity contribution is 14.2. The molecule has 0 saturated carbocycles. The van der Waals surface area contributed by atoms with E-state index in [0.717, 1.165) is 52.9 Å². The molecule has 2 amide bonds. The van der Waals surface area contributed by atoms with E-state index in [9.17, 15) is 18.0 Å². The highest BCUT2D eigenvalue weighted by Gasteiger charge is 2.37. The van der Waals surface area contributed by atoms with Gasteiger partial charge in [-0.2, -0.15) is 13.4 Å². The first kappa shape index (κ1) is 36.4. The van der Waals surface area contributed by atoms with E-state index >= 15 is 0 Å². The van der Waals surface area contributed by atoms with Crippen LogP contribution < -0.4 is 15.5 Å². The van der Waals surface area contributed by atoms with Crippen LogP contribution in [-0.2, 0) is 57.9 Å². The number of amides is 2. The Hall–Kier alpha value is -3.10. The number of hydrogen-bond donors (Lipinski definition) is 3. The average molecular weight is 771 g/mol. The number of hydrogen-bond acceptors (Lipinski definition) is 17. The van der Waals surface area contributed by atoms with Crippen molar-refractivity contribution in [3.05, 3.63) is 54.7 Å². The second kappa shape index (κ2) is 18.1. The molecule has 45 heavy (non-hydrogen) atoms. The summed E-state index contributed by atoms with van der Waals surface area (Å²) in [5.74, 6) is 1.12. The minimum atomic E-state index is -3.85. The van der Waals surface area contributed by atoms with Gasteiger partial charge in [-0.25, -0.2) is 15.0 Å². The number of nitrogens with one attached hydrogen (secondary N) is 2. The maximum Gasteiger partial charge on any atom is 0.415 e. The minimum absolute atomic E-state index is 0.0290. The van der Waals surface area contributed by atoms with Crippen LogP contribution in [0.2, 0.25) is 0 Å². The molecule has 1 unspecified atom stereocenters. The van der Waals surface area contributed by atoms with Gasteiger partial charge in [0.1, 0.15) is 33.6 Å².